The average Bonchev–Trinajstić information content (AvgIpc) is 2.55. The molecule has 0 heterocycles. The van der Waals surface area contributed by atoms with Crippen LogP contribution in [0.4, 0.5) is 10.1 Å². The molecule has 24 heavy (non-hydrogen) atoms. The number of hydrogen-bond acceptors (Lipinski definition) is 6. The first-order chi connectivity index (χ1) is 11.4. The van der Waals surface area contributed by atoms with Crippen LogP contribution < -0.4 is 11.1 Å². The molecule has 1 aromatic rings. The standard InChI is InChI=1S/C16H18ClFN4O2/c1-2-21-8-11(7-19)16(24)14(6-15(17)20)22-13-4-3-12(18)5-10(13)9-23/h3-8,20,22-23H,2,9,19H2,1H3/b11-7?,14-6-,20-15?,21-8?. The molecule has 0 aliphatic carbocycles. The lowest BCUT2D eigenvalue weighted by molar-refractivity contribution is -0.111. The van der Waals surface area contributed by atoms with Crippen molar-refractivity contribution >= 4 is 34.5 Å². The second kappa shape index (κ2) is 9.59. The summed E-state index contributed by atoms with van der Waals surface area (Å²) in [5.41, 5.74) is 6.04. The number of Topliss-reactive ketones (excluding diaryl/α,β-unsaturated/α-hetero) is 1. The van der Waals surface area contributed by atoms with Gasteiger partial charge in [-0.15, -0.1) is 0 Å². The zero-order valence-electron chi connectivity index (χ0n) is 13.0. The molecular weight excluding hydrogens is 335 g/mol. The summed E-state index contributed by atoms with van der Waals surface area (Å²) < 4.78 is 13.2. The highest BCUT2D eigenvalue weighted by Crippen LogP contribution is 2.20. The van der Waals surface area contributed by atoms with Crippen LogP contribution in [0.3, 0.4) is 0 Å². The number of nitrogens with zero attached hydrogens (tertiary/aromatic N) is 1. The number of hydrogen-bond donors (Lipinski definition) is 4. The molecule has 1 rings (SSSR count). The Kier molecular flexibility index (Phi) is 7.81. The summed E-state index contributed by atoms with van der Waals surface area (Å²) >= 11 is 5.55. The number of nitrogens with one attached hydrogen (secondary N) is 2. The zero-order valence-corrected chi connectivity index (χ0v) is 13.8. The van der Waals surface area contributed by atoms with Gasteiger partial charge in [-0.05, 0) is 25.1 Å². The Bertz CT molecular complexity index is 714. The monoisotopic (exact) mass is 352 g/mol. The van der Waals surface area contributed by atoms with Gasteiger partial charge >= 0.3 is 0 Å². The molecule has 0 saturated heterocycles. The Morgan fingerprint density at radius 2 is 2.25 bits per heavy atom. The zero-order chi connectivity index (χ0) is 18.1. The van der Waals surface area contributed by atoms with Gasteiger partial charge < -0.3 is 16.2 Å². The first-order valence-electron chi connectivity index (χ1n) is 7.01. The number of carbonyl (C=O) groups excluding carboxylic acids is 1. The predicted octanol–water partition coefficient (Wildman–Crippen LogP) is 2.33. The first-order valence-corrected chi connectivity index (χ1v) is 7.39. The van der Waals surface area contributed by atoms with E-state index < -0.39 is 18.2 Å². The smallest absolute Gasteiger partial charge is 0.212 e. The van der Waals surface area contributed by atoms with Gasteiger partial charge in [0, 0.05) is 36.3 Å². The molecule has 0 bridgehead atoms. The lowest BCUT2D eigenvalue weighted by Crippen LogP contribution is -2.17. The molecule has 0 fully saturated rings. The van der Waals surface area contributed by atoms with Gasteiger partial charge in [0.15, 0.2) is 0 Å². The maximum atomic E-state index is 13.2. The molecule has 0 amide bonds. The van der Waals surface area contributed by atoms with Crippen LogP contribution in [0, 0.1) is 11.2 Å². The van der Waals surface area contributed by atoms with Crippen LogP contribution in [0.25, 0.3) is 0 Å². The Morgan fingerprint density at radius 3 is 2.79 bits per heavy atom. The summed E-state index contributed by atoms with van der Waals surface area (Å²) in [6, 6.07) is 3.67. The maximum absolute atomic E-state index is 13.2. The van der Waals surface area contributed by atoms with E-state index in [2.05, 4.69) is 10.3 Å². The normalized spacial score (nSPS) is 12.5. The van der Waals surface area contributed by atoms with Crippen molar-refractivity contribution < 1.29 is 14.3 Å². The molecule has 5 N–H and O–H groups in total. The minimum absolute atomic E-state index is 0.0597. The fraction of sp³-hybridized carbons (Fsp3) is 0.188. The molecule has 0 atom stereocenters. The number of aliphatic hydroxyl groups excluding tert-OH is 1. The van der Waals surface area contributed by atoms with E-state index in [1.165, 1.54) is 18.3 Å². The Hall–Kier alpha value is -2.51. The molecule has 128 valence electrons. The van der Waals surface area contributed by atoms with Crippen molar-refractivity contribution in [2.75, 3.05) is 11.9 Å². The summed E-state index contributed by atoms with van der Waals surface area (Å²) in [6.45, 7) is 1.83. The van der Waals surface area contributed by atoms with Crippen LogP contribution in [0.5, 0.6) is 0 Å². The molecule has 0 unspecified atom stereocenters. The van der Waals surface area contributed by atoms with Gasteiger partial charge in [0.25, 0.3) is 0 Å². The second-order valence-electron chi connectivity index (χ2n) is 4.57. The molecule has 0 saturated carbocycles. The largest absolute Gasteiger partial charge is 0.404 e. The molecule has 0 aromatic heterocycles. The van der Waals surface area contributed by atoms with Crippen molar-refractivity contribution in [3.8, 4) is 0 Å². The number of nitrogens with two attached hydrogens (primary N) is 1. The van der Waals surface area contributed by atoms with Crippen LogP contribution in [0.15, 0.2) is 46.7 Å². The Balaban J connectivity index is 3.23. The third-order valence-corrected chi connectivity index (χ3v) is 2.99. The van der Waals surface area contributed by atoms with Crippen LogP contribution in [-0.4, -0.2) is 28.8 Å². The van der Waals surface area contributed by atoms with E-state index in [9.17, 15) is 14.3 Å². The van der Waals surface area contributed by atoms with Crippen LogP contribution in [0.1, 0.15) is 12.5 Å². The van der Waals surface area contributed by atoms with E-state index in [1.807, 2.05) is 0 Å². The van der Waals surface area contributed by atoms with E-state index in [0.29, 0.717) is 12.2 Å². The molecule has 6 nitrogen and oxygen atoms in total. The lowest BCUT2D eigenvalue weighted by atomic mass is 10.1. The minimum atomic E-state index is -0.548. The van der Waals surface area contributed by atoms with Gasteiger partial charge in [0.1, 0.15) is 11.0 Å². The summed E-state index contributed by atoms with van der Waals surface area (Å²) in [4.78, 5) is 16.5. The number of halogens is 2. The molecule has 1 aromatic carbocycles. The quantitative estimate of drug-likeness (QED) is 0.425. The van der Waals surface area contributed by atoms with E-state index in [1.54, 1.807) is 6.92 Å². The van der Waals surface area contributed by atoms with Gasteiger partial charge in [-0.25, -0.2) is 4.39 Å². The molecule has 0 spiro atoms. The summed E-state index contributed by atoms with van der Waals surface area (Å²) in [7, 11) is 0. The van der Waals surface area contributed by atoms with Gasteiger partial charge in [0.05, 0.1) is 17.9 Å². The van der Waals surface area contributed by atoms with Crippen molar-refractivity contribution in [2.45, 2.75) is 13.5 Å². The molecule has 0 aliphatic heterocycles. The van der Waals surface area contributed by atoms with E-state index in [4.69, 9.17) is 22.7 Å². The van der Waals surface area contributed by atoms with Gasteiger partial charge in [-0.1, -0.05) is 11.6 Å². The first kappa shape index (κ1) is 19.5. The van der Waals surface area contributed by atoms with E-state index >= 15 is 0 Å². The number of ketones is 1. The minimum Gasteiger partial charge on any atom is -0.404 e. The molecule has 0 radical (unpaired) electrons. The fourth-order valence-electron chi connectivity index (χ4n) is 1.77. The number of allylic oxidation sites excluding steroid dienone is 2. The summed E-state index contributed by atoms with van der Waals surface area (Å²) in [5.74, 6) is -1.07. The number of rotatable bonds is 8. The Labute approximate surface area is 144 Å². The van der Waals surface area contributed by atoms with E-state index in [0.717, 1.165) is 18.3 Å². The number of carbonyl (C=O) groups is 1. The summed E-state index contributed by atoms with van der Waals surface area (Å²) in [6.07, 6.45) is 3.50. The van der Waals surface area contributed by atoms with Gasteiger partial charge in [-0.2, -0.15) is 0 Å². The number of benzene rings is 1. The fourth-order valence-corrected chi connectivity index (χ4v) is 1.88. The highest BCUT2D eigenvalue weighted by molar-refractivity contribution is 6.67. The van der Waals surface area contributed by atoms with Crippen molar-refractivity contribution in [3.05, 3.63) is 53.1 Å². The molecule has 0 aliphatic rings. The second-order valence-corrected chi connectivity index (χ2v) is 4.98. The van der Waals surface area contributed by atoms with Crippen molar-refractivity contribution in [3.63, 3.8) is 0 Å². The number of aliphatic imine (C=N–C) groups is 1. The van der Waals surface area contributed by atoms with E-state index in [-0.39, 0.29) is 22.0 Å². The van der Waals surface area contributed by atoms with Crippen LogP contribution in [-0.2, 0) is 11.4 Å². The SMILES string of the molecule is CCN=CC(=CN)C(=O)/C(=C/C(=N)Cl)Nc1ccc(F)cc1CO. The highest BCUT2D eigenvalue weighted by atomic mass is 35.5. The lowest BCUT2D eigenvalue weighted by Gasteiger charge is -2.13. The predicted molar refractivity (Wildman–Crippen MR) is 93.9 cm³/mol. The van der Waals surface area contributed by atoms with Crippen LogP contribution in [0.2, 0.25) is 0 Å². The van der Waals surface area contributed by atoms with Crippen molar-refractivity contribution in [2.24, 2.45) is 10.7 Å². The molecular formula is C16H18ClFN4O2. The van der Waals surface area contributed by atoms with Crippen LogP contribution >= 0.6 is 11.6 Å². The summed E-state index contributed by atoms with van der Waals surface area (Å²) in [5, 5.41) is 19.0. The van der Waals surface area contributed by atoms with Gasteiger partial charge in [0.2, 0.25) is 5.78 Å². The average molecular weight is 353 g/mol. The number of aliphatic hydroxyl groups is 1. The number of anilines is 1. The third-order valence-electron chi connectivity index (χ3n) is 2.88. The third kappa shape index (κ3) is 5.60. The Morgan fingerprint density at radius 1 is 1.54 bits per heavy atom. The topological polar surface area (TPSA) is 112 Å². The highest BCUT2D eigenvalue weighted by Gasteiger charge is 2.16. The van der Waals surface area contributed by atoms with Crippen molar-refractivity contribution in [1.82, 2.24) is 0 Å². The maximum Gasteiger partial charge on any atom is 0.212 e. The molecule has 8 heteroatoms. The van der Waals surface area contributed by atoms with Gasteiger partial charge in [-0.3, -0.25) is 15.2 Å². The van der Waals surface area contributed by atoms with Crippen molar-refractivity contribution in [1.29, 1.82) is 5.41 Å².